The van der Waals surface area contributed by atoms with E-state index in [0.29, 0.717) is 19.8 Å². The van der Waals surface area contributed by atoms with Gasteiger partial charge >= 0.3 is 8.80 Å². The Balaban J connectivity index is 3.12. The highest BCUT2D eigenvalue weighted by molar-refractivity contribution is 6.75. The zero-order valence-electron chi connectivity index (χ0n) is 11.6. The molecule has 0 unspecified atom stereocenters. The van der Waals surface area contributed by atoms with Gasteiger partial charge in [-0.25, -0.2) is 0 Å². The van der Waals surface area contributed by atoms with Gasteiger partial charge in [-0.05, 0) is 32.9 Å². The summed E-state index contributed by atoms with van der Waals surface area (Å²) in [7, 11) is -1.16. The van der Waals surface area contributed by atoms with Crippen LogP contribution >= 0.6 is 0 Å². The Labute approximate surface area is 110 Å². The van der Waals surface area contributed by atoms with Crippen molar-refractivity contribution < 1.29 is 18.0 Å². The first-order chi connectivity index (χ1) is 8.72. The summed E-state index contributed by atoms with van der Waals surface area (Å²) in [4.78, 5) is 0. The summed E-state index contributed by atoms with van der Waals surface area (Å²) in [5, 5.41) is 0.937. The van der Waals surface area contributed by atoms with Crippen molar-refractivity contribution >= 4 is 14.0 Å². The summed E-state index contributed by atoms with van der Waals surface area (Å²) < 4.78 is 22.7. The van der Waals surface area contributed by atoms with Gasteiger partial charge in [0.1, 0.15) is 5.75 Å². The number of hydrogen-bond donors (Lipinski definition) is 0. The van der Waals surface area contributed by atoms with Crippen LogP contribution in [0.15, 0.2) is 24.3 Å². The summed E-state index contributed by atoms with van der Waals surface area (Å²) in [6.07, 6.45) is 0. The van der Waals surface area contributed by atoms with Gasteiger partial charge in [-0.1, -0.05) is 12.1 Å². The van der Waals surface area contributed by atoms with Crippen LogP contribution in [0.2, 0.25) is 0 Å². The monoisotopic (exact) mass is 270 g/mol. The van der Waals surface area contributed by atoms with Gasteiger partial charge in [0.05, 0.1) is 7.11 Å². The number of rotatable bonds is 8. The van der Waals surface area contributed by atoms with Crippen LogP contribution in [0.3, 0.4) is 0 Å². The maximum absolute atomic E-state index is 5.83. The van der Waals surface area contributed by atoms with Crippen molar-refractivity contribution in [2.45, 2.75) is 20.8 Å². The molecule has 0 aromatic heterocycles. The molecule has 0 atom stereocenters. The molecule has 1 aromatic carbocycles. The molecule has 0 saturated carbocycles. The number of hydrogen-bond acceptors (Lipinski definition) is 4. The van der Waals surface area contributed by atoms with E-state index >= 15 is 0 Å². The highest BCUT2D eigenvalue weighted by atomic mass is 28.4. The van der Waals surface area contributed by atoms with Crippen molar-refractivity contribution in [3.63, 3.8) is 0 Å². The van der Waals surface area contributed by atoms with E-state index in [4.69, 9.17) is 18.0 Å². The fraction of sp³-hybridized carbons (Fsp3) is 0.538. The summed E-state index contributed by atoms with van der Waals surface area (Å²) in [5.41, 5.74) is 0. The Hall–Kier alpha value is -0.883. The first kappa shape index (κ1) is 15.2. The first-order valence-electron chi connectivity index (χ1n) is 6.28. The Morgan fingerprint density at radius 2 is 1.50 bits per heavy atom. The van der Waals surface area contributed by atoms with Gasteiger partial charge in [-0.3, -0.25) is 0 Å². The Morgan fingerprint density at radius 3 is 1.94 bits per heavy atom. The molecule has 0 heterocycles. The average molecular weight is 270 g/mol. The van der Waals surface area contributed by atoms with E-state index in [9.17, 15) is 0 Å². The lowest BCUT2D eigenvalue weighted by Gasteiger charge is -2.28. The molecule has 0 amide bonds. The summed E-state index contributed by atoms with van der Waals surface area (Å²) in [6.45, 7) is 7.51. The molecule has 1 rings (SSSR count). The van der Waals surface area contributed by atoms with Gasteiger partial charge in [-0.15, -0.1) is 0 Å². The van der Waals surface area contributed by atoms with E-state index in [1.165, 1.54) is 0 Å². The van der Waals surface area contributed by atoms with Gasteiger partial charge in [0.15, 0.2) is 0 Å². The van der Waals surface area contributed by atoms with Gasteiger partial charge in [0, 0.05) is 25.0 Å². The third-order valence-electron chi connectivity index (χ3n) is 2.43. The lowest BCUT2D eigenvalue weighted by atomic mass is 10.3. The molecule has 0 N–H and O–H groups in total. The minimum absolute atomic E-state index is 0.559. The lowest BCUT2D eigenvalue weighted by molar-refractivity contribution is 0.0858. The van der Waals surface area contributed by atoms with Crippen LogP contribution in [0.1, 0.15) is 20.8 Å². The van der Waals surface area contributed by atoms with Crippen molar-refractivity contribution in [3.05, 3.63) is 24.3 Å². The van der Waals surface area contributed by atoms with E-state index < -0.39 is 8.80 Å². The molecule has 0 bridgehead atoms. The maximum Gasteiger partial charge on any atom is 0.537 e. The lowest BCUT2D eigenvalue weighted by Crippen LogP contribution is -2.56. The van der Waals surface area contributed by atoms with E-state index in [2.05, 4.69) is 0 Å². The summed E-state index contributed by atoms with van der Waals surface area (Å²) >= 11 is 0. The van der Waals surface area contributed by atoms with Gasteiger partial charge in [0.25, 0.3) is 0 Å². The Kier molecular flexibility index (Phi) is 6.35. The number of methoxy groups -OCH3 is 1. The second-order valence-corrected chi connectivity index (χ2v) is 6.14. The molecule has 0 spiro atoms. The molecule has 5 heteroatoms. The third-order valence-corrected chi connectivity index (χ3v) is 5.45. The standard InChI is InChI=1S/C13H22O4Si/c1-5-15-18(16-6-2,17-7-3)13-10-8-9-12(11-13)14-4/h8-11H,5-7H2,1-4H3. The number of benzene rings is 1. The molecule has 0 radical (unpaired) electrons. The van der Waals surface area contributed by atoms with Crippen LogP contribution in [0.5, 0.6) is 5.75 Å². The van der Waals surface area contributed by atoms with E-state index in [1.54, 1.807) is 7.11 Å². The second-order valence-electron chi connectivity index (χ2n) is 3.59. The first-order valence-corrected chi connectivity index (χ1v) is 8.01. The van der Waals surface area contributed by atoms with Crippen LogP contribution in [0, 0.1) is 0 Å². The topological polar surface area (TPSA) is 36.9 Å². The van der Waals surface area contributed by atoms with Crippen LogP contribution in [0.25, 0.3) is 0 Å². The fourth-order valence-corrected chi connectivity index (χ4v) is 4.27. The van der Waals surface area contributed by atoms with Crippen LogP contribution in [0.4, 0.5) is 0 Å². The molecule has 0 fully saturated rings. The zero-order chi connectivity index (χ0) is 13.4. The molecule has 102 valence electrons. The quantitative estimate of drug-likeness (QED) is 0.677. The predicted molar refractivity (Wildman–Crippen MR) is 73.3 cm³/mol. The van der Waals surface area contributed by atoms with E-state index in [-0.39, 0.29) is 0 Å². The second kappa shape index (κ2) is 7.53. The molecule has 4 nitrogen and oxygen atoms in total. The SMILES string of the molecule is CCO[Si](OCC)(OCC)c1cccc(OC)c1. The largest absolute Gasteiger partial charge is 0.537 e. The van der Waals surface area contributed by atoms with Crippen LogP contribution in [-0.2, 0) is 13.3 Å². The van der Waals surface area contributed by atoms with Crippen molar-refractivity contribution in [1.29, 1.82) is 0 Å². The molecule has 0 saturated heterocycles. The van der Waals surface area contributed by atoms with Gasteiger partial charge < -0.3 is 18.0 Å². The van der Waals surface area contributed by atoms with Crippen LogP contribution in [-0.4, -0.2) is 35.7 Å². The van der Waals surface area contributed by atoms with Crippen molar-refractivity contribution in [2.24, 2.45) is 0 Å². The molecule has 0 aliphatic rings. The van der Waals surface area contributed by atoms with Crippen molar-refractivity contribution in [3.8, 4) is 5.75 Å². The Morgan fingerprint density at radius 1 is 0.944 bits per heavy atom. The van der Waals surface area contributed by atoms with Gasteiger partial charge in [-0.2, -0.15) is 0 Å². The molecule has 0 aliphatic carbocycles. The molecular weight excluding hydrogens is 248 g/mol. The molecule has 1 aromatic rings. The molecule has 0 aliphatic heterocycles. The molecular formula is C13H22O4Si. The van der Waals surface area contributed by atoms with Crippen molar-refractivity contribution in [1.82, 2.24) is 0 Å². The Bertz CT molecular complexity index is 340. The highest BCUT2D eigenvalue weighted by Gasteiger charge is 2.43. The zero-order valence-corrected chi connectivity index (χ0v) is 12.6. The third kappa shape index (κ3) is 3.55. The smallest absolute Gasteiger partial charge is 0.497 e. The molecule has 18 heavy (non-hydrogen) atoms. The summed E-state index contributed by atoms with van der Waals surface area (Å²) in [6, 6.07) is 7.71. The van der Waals surface area contributed by atoms with Crippen LogP contribution < -0.4 is 9.92 Å². The average Bonchev–Trinajstić information content (AvgIpc) is 2.39. The van der Waals surface area contributed by atoms with E-state index in [0.717, 1.165) is 10.9 Å². The summed E-state index contributed by atoms with van der Waals surface area (Å²) in [5.74, 6) is 0.781. The minimum atomic E-state index is -2.80. The van der Waals surface area contributed by atoms with E-state index in [1.807, 2.05) is 45.0 Å². The number of ether oxygens (including phenoxy) is 1. The van der Waals surface area contributed by atoms with Gasteiger partial charge in [0.2, 0.25) is 0 Å². The van der Waals surface area contributed by atoms with Crippen molar-refractivity contribution in [2.75, 3.05) is 26.9 Å². The predicted octanol–water partition coefficient (Wildman–Crippen LogP) is 1.95. The fourth-order valence-electron chi connectivity index (χ4n) is 1.76. The normalized spacial score (nSPS) is 11.6. The minimum Gasteiger partial charge on any atom is -0.497 e. The maximum atomic E-state index is 5.83. The highest BCUT2D eigenvalue weighted by Crippen LogP contribution is 2.15.